The van der Waals surface area contributed by atoms with E-state index in [1.165, 1.54) is 17.2 Å². The number of carbonyl (C=O) groups is 1. The Labute approximate surface area is 101 Å². The first kappa shape index (κ1) is 11.9. The Morgan fingerprint density at radius 3 is 2.88 bits per heavy atom. The molecule has 17 heavy (non-hydrogen) atoms. The number of rotatable bonds is 4. The van der Waals surface area contributed by atoms with E-state index in [9.17, 15) is 4.79 Å². The number of esters is 1. The SMILES string of the molecule is Cc1ccc(/C=C/C(=O)OCC2CO2)cc1C. The van der Waals surface area contributed by atoms with Gasteiger partial charge in [0.25, 0.3) is 0 Å². The van der Waals surface area contributed by atoms with Crippen molar-refractivity contribution >= 4 is 12.0 Å². The summed E-state index contributed by atoms with van der Waals surface area (Å²) in [4.78, 5) is 11.3. The summed E-state index contributed by atoms with van der Waals surface area (Å²) in [5.41, 5.74) is 3.47. The van der Waals surface area contributed by atoms with Crippen LogP contribution in [0, 0.1) is 13.8 Å². The maximum absolute atomic E-state index is 11.3. The average molecular weight is 232 g/mol. The standard InChI is InChI=1S/C14H16O3/c1-10-3-4-12(7-11(10)2)5-6-14(15)17-9-13-8-16-13/h3-7,13H,8-9H2,1-2H3/b6-5+. The smallest absolute Gasteiger partial charge is 0.330 e. The third-order valence-corrected chi connectivity index (χ3v) is 2.76. The van der Waals surface area contributed by atoms with Crippen molar-refractivity contribution in [2.45, 2.75) is 20.0 Å². The van der Waals surface area contributed by atoms with Gasteiger partial charge in [-0.2, -0.15) is 0 Å². The highest BCUT2D eigenvalue weighted by Crippen LogP contribution is 2.12. The van der Waals surface area contributed by atoms with E-state index in [1.54, 1.807) is 6.08 Å². The predicted molar refractivity (Wildman–Crippen MR) is 65.6 cm³/mol. The molecule has 0 aromatic heterocycles. The van der Waals surface area contributed by atoms with E-state index in [1.807, 2.05) is 18.2 Å². The molecule has 0 N–H and O–H groups in total. The monoisotopic (exact) mass is 232 g/mol. The van der Waals surface area contributed by atoms with Crippen molar-refractivity contribution in [1.82, 2.24) is 0 Å². The zero-order valence-corrected chi connectivity index (χ0v) is 10.1. The molecule has 3 heteroatoms. The maximum Gasteiger partial charge on any atom is 0.330 e. The molecule has 1 aromatic carbocycles. The molecular weight excluding hydrogens is 216 g/mol. The van der Waals surface area contributed by atoms with Crippen LogP contribution in [0.4, 0.5) is 0 Å². The summed E-state index contributed by atoms with van der Waals surface area (Å²) in [6, 6.07) is 6.07. The first-order valence-corrected chi connectivity index (χ1v) is 5.69. The Bertz CT molecular complexity index is 445. The minimum Gasteiger partial charge on any atom is -0.460 e. The summed E-state index contributed by atoms with van der Waals surface area (Å²) in [5, 5.41) is 0. The van der Waals surface area contributed by atoms with Crippen molar-refractivity contribution in [2.24, 2.45) is 0 Å². The second kappa shape index (κ2) is 5.15. The van der Waals surface area contributed by atoms with Crippen molar-refractivity contribution in [3.05, 3.63) is 41.0 Å². The Kier molecular flexibility index (Phi) is 3.59. The van der Waals surface area contributed by atoms with Crippen LogP contribution in [0.5, 0.6) is 0 Å². The van der Waals surface area contributed by atoms with Crippen LogP contribution in [0.25, 0.3) is 6.08 Å². The van der Waals surface area contributed by atoms with Crippen LogP contribution >= 0.6 is 0 Å². The molecule has 1 aromatic rings. The van der Waals surface area contributed by atoms with E-state index < -0.39 is 0 Å². The fourth-order valence-corrected chi connectivity index (χ4v) is 1.42. The largest absolute Gasteiger partial charge is 0.460 e. The fraction of sp³-hybridized carbons (Fsp3) is 0.357. The number of hydrogen-bond acceptors (Lipinski definition) is 3. The molecule has 0 aliphatic carbocycles. The molecule has 2 rings (SSSR count). The van der Waals surface area contributed by atoms with Gasteiger partial charge in [-0.15, -0.1) is 0 Å². The van der Waals surface area contributed by atoms with Crippen molar-refractivity contribution in [3.8, 4) is 0 Å². The molecule has 1 unspecified atom stereocenters. The molecule has 1 saturated heterocycles. The number of epoxide rings is 1. The zero-order valence-electron chi connectivity index (χ0n) is 10.1. The highest BCUT2D eigenvalue weighted by atomic mass is 16.6. The summed E-state index contributed by atoms with van der Waals surface area (Å²) in [6.45, 7) is 5.17. The van der Waals surface area contributed by atoms with Crippen LogP contribution in [-0.4, -0.2) is 25.3 Å². The van der Waals surface area contributed by atoms with Crippen molar-refractivity contribution in [3.63, 3.8) is 0 Å². The molecule has 1 atom stereocenters. The number of carbonyl (C=O) groups excluding carboxylic acids is 1. The zero-order chi connectivity index (χ0) is 12.3. The Balaban J connectivity index is 1.89. The van der Waals surface area contributed by atoms with Crippen molar-refractivity contribution < 1.29 is 14.3 Å². The molecular formula is C14H16O3. The summed E-state index contributed by atoms with van der Waals surface area (Å²) < 4.78 is 9.94. The van der Waals surface area contributed by atoms with Crippen LogP contribution in [0.2, 0.25) is 0 Å². The van der Waals surface area contributed by atoms with Crippen LogP contribution in [-0.2, 0) is 14.3 Å². The molecule has 1 aliphatic heterocycles. The second-order valence-electron chi connectivity index (χ2n) is 4.26. The van der Waals surface area contributed by atoms with E-state index in [4.69, 9.17) is 9.47 Å². The number of hydrogen-bond donors (Lipinski definition) is 0. The number of aryl methyl sites for hydroxylation is 2. The topological polar surface area (TPSA) is 38.8 Å². The van der Waals surface area contributed by atoms with E-state index in [0.717, 1.165) is 5.56 Å². The summed E-state index contributed by atoms with van der Waals surface area (Å²) in [6.07, 6.45) is 3.34. The third-order valence-electron chi connectivity index (χ3n) is 2.76. The molecule has 0 spiro atoms. The van der Waals surface area contributed by atoms with Crippen molar-refractivity contribution in [1.29, 1.82) is 0 Å². The van der Waals surface area contributed by atoms with Gasteiger partial charge in [0.15, 0.2) is 0 Å². The Morgan fingerprint density at radius 2 is 2.24 bits per heavy atom. The highest BCUT2D eigenvalue weighted by molar-refractivity contribution is 5.87. The maximum atomic E-state index is 11.3. The van der Waals surface area contributed by atoms with Gasteiger partial charge < -0.3 is 9.47 Å². The minimum absolute atomic E-state index is 0.119. The third kappa shape index (κ3) is 3.71. The van der Waals surface area contributed by atoms with Gasteiger partial charge in [0.1, 0.15) is 12.7 Å². The lowest BCUT2D eigenvalue weighted by Gasteiger charge is -2.01. The predicted octanol–water partition coefficient (Wildman–Crippen LogP) is 2.26. The fourth-order valence-electron chi connectivity index (χ4n) is 1.42. The highest BCUT2D eigenvalue weighted by Gasteiger charge is 2.23. The van der Waals surface area contributed by atoms with Crippen LogP contribution in [0.1, 0.15) is 16.7 Å². The van der Waals surface area contributed by atoms with Gasteiger partial charge in [0.2, 0.25) is 0 Å². The van der Waals surface area contributed by atoms with Gasteiger partial charge in [0, 0.05) is 6.08 Å². The lowest BCUT2D eigenvalue weighted by Crippen LogP contribution is -2.06. The molecule has 1 fully saturated rings. The quantitative estimate of drug-likeness (QED) is 0.454. The van der Waals surface area contributed by atoms with E-state index >= 15 is 0 Å². The molecule has 0 radical (unpaired) electrons. The number of benzene rings is 1. The van der Waals surface area contributed by atoms with Gasteiger partial charge in [-0.3, -0.25) is 0 Å². The molecule has 0 amide bonds. The lowest BCUT2D eigenvalue weighted by atomic mass is 10.1. The van der Waals surface area contributed by atoms with Gasteiger partial charge in [-0.1, -0.05) is 18.2 Å². The molecule has 3 nitrogen and oxygen atoms in total. The minimum atomic E-state index is -0.321. The Morgan fingerprint density at radius 1 is 1.47 bits per heavy atom. The second-order valence-corrected chi connectivity index (χ2v) is 4.26. The van der Waals surface area contributed by atoms with E-state index in [0.29, 0.717) is 13.2 Å². The average Bonchev–Trinajstić information content (AvgIpc) is 3.12. The summed E-state index contributed by atoms with van der Waals surface area (Å²) in [7, 11) is 0. The van der Waals surface area contributed by atoms with Crippen LogP contribution < -0.4 is 0 Å². The molecule has 1 heterocycles. The van der Waals surface area contributed by atoms with Gasteiger partial charge in [-0.25, -0.2) is 4.79 Å². The summed E-state index contributed by atoms with van der Waals surface area (Å²) >= 11 is 0. The van der Waals surface area contributed by atoms with Gasteiger partial charge >= 0.3 is 5.97 Å². The van der Waals surface area contributed by atoms with Crippen LogP contribution in [0.3, 0.4) is 0 Å². The molecule has 0 bridgehead atoms. The van der Waals surface area contributed by atoms with Gasteiger partial charge in [-0.05, 0) is 36.6 Å². The summed E-state index contributed by atoms with van der Waals surface area (Å²) in [5.74, 6) is -0.321. The molecule has 0 saturated carbocycles. The van der Waals surface area contributed by atoms with Crippen LogP contribution in [0.15, 0.2) is 24.3 Å². The number of ether oxygens (including phenoxy) is 2. The first-order chi connectivity index (χ1) is 8.15. The lowest BCUT2D eigenvalue weighted by molar-refractivity contribution is -0.138. The van der Waals surface area contributed by atoms with Gasteiger partial charge in [0.05, 0.1) is 6.61 Å². The first-order valence-electron chi connectivity index (χ1n) is 5.69. The molecule has 90 valence electrons. The van der Waals surface area contributed by atoms with E-state index in [2.05, 4.69) is 13.8 Å². The Hall–Kier alpha value is -1.61. The van der Waals surface area contributed by atoms with Crippen molar-refractivity contribution in [2.75, 3.05) is 13.2 Å². The molecule has 1 aliphatic rings. The normalized spacial score (nSPS) is 18.4. The van der Waals surface area contributed by atoms with E-state index in [-0.39, 0.29) is 12.1 Å².